The van der Waals surface area contributed by atoms with E-state index >= 15 is 0 Å². The number of carbonyl (C=O) groups excluding carboxylic acids is 1. The van der Waals surface area contributed by atoms with Gasteiger partial charge in [0.2, 0.25) is 5.91 Å². The Bertz CT molecular complexity index is 519. The van der Waals surface area contributed by atoms with E-state index in [4.69, 9.17) is 9.26 Å². The summed E-state index contributed by atoms with van der Waals surface area (Å²) in [6.45, 7) is 7.63. The van der Waals surface area contributed by atoms with Crippen LogP contribution in [0.3, 0.4) is 0 Å². The van der Waals surface area contributed by atoms with Gasteiger partial charge in [0.1, 0.15) is 5.76 Å². The van der Waals surface area contributed by atoms with Gasteiger partial charge in [0.15, 0.2) is 0 Å². The molecule has 1 amide bonds. The van der Waals surface area contributed by atoms with Crippen LogP contribution in [-0.2, 0) is 16.0 Å². The molecule has 7 heteroatoms. The van der Waals surface area contributed by atoms with E-state index in [1.807, 2.05) is 13.8 Å². The van der Waals surface area contributed by atoms with E-state index in [0.717, 1.165) is 24.3 Å². The fraction of sp³-hybridized carbons (Fsp3) is 0.733. The lowest BCUT2D eigenvalue weighted by Gasteiger charge is -2.33. The van der Waals surface area contributed by atoms with Crippen LogP contribution in [0.2, 0.25) is 0 Å². The Morgan fingerprint density at radius 1 is 1.32 bits per heavy atom. The monoisotopic (exact) mass is 309 g/mol. The van der Waals surface area contributed by atoms with Crippen LogP contribution < -0.4 is 0 Å². The number of hydrogen-bond donors (Lipinski definition) is 1. The summed E-state index contributed by atoms with van der Waals surface area (Å²) in [5, 5.41) is 14.2. The molecule has 0 aliphatic carbocycles. The second-order valence-electron chi connectivity index (χ2n) is 6.06. The molecule has 22 heavy (non-hydrogen) atoms. The molecule has 2 atom stereocenters. The first-order valence-electron chi connectivity index (χ1n) is 7.75. The van der Waals surface area contributed by atoms with Crippen LogP contribution in [0.4, 0.5) is 0 Å². The van der Waals surface area contributed by atoms with Gasteiger partial charge >= 0.3 is 0 Å². The Labute approximate surface area is 129 Å². The molecular formula is C15H23N3O4. The molecule has 7 nitrogen and oxygen atoms in total. The van der Waals surface area contributed by atoms with Crippen molar-refractivity contribution in [3.63, 3.8) is 0 Å². The van der Waals surface area contributed by atoms with Crippen LogP contribution in [0.25, 0.3) is 0 Å². The fourth-order valence-electron chi connectivity index (χ4n) is 3.26. The second kappa shape index (κ2) is 6.36. The van der Waals surface area contributed by atoms with Crippen LogP contribution in [0.1, 0.15) is 17.0 Å². The lowest BCUT2D eigenvalue weighted by molar-refractivity contribution is -0.129. The van der Waals surface area contributed by atoms with Crippen molar-refractivity contribution in [3.05, 3.63) is 17.0 Å². The summed E-state index contributed by atoms with van der Waals surface area (Å²) >= 11 is 0. The number of carbonyl (C=O) groups is 1. The lowest BCUT2D eigenvalue weighted by Crippen LogP contribution is -2.49. The first-order valence-corrected chi connectivity index (χ1v) is 7.75. The van der Waals surface area contributed by atoms with Crippen molar-refractivity contribution in [3.8, 4) is 0 Å². The standard InChI is InChI=1S/C15H23N3O4/c1-10-12(11(2)22-16-10)7-15(20)18-8-13(14(19)9-18)17-3-5-21-6-4-17/h13-14,19H,3-9H2,1-2H3/t13-,14-/m1/s1. The van der Waals surface area contributed by atoms with Crippen molar-refractivity contribution in [2.45, 2.75) is 32.4 Å². The number of nitrogens with zero attached hydrogens (tertiary/aromatic N) is 3. The van der Waals surface area contributed by atoms with Crippen LogP contribution >= 0.6 is 0 Å². The van der Waals surface area contributed by atoms with Gasteiger partial charge in [0, 0.05) is 31.7 Å². The summed E-state index contributed by atoms with van der Waals surface area (Å²) in [5.41, 5.74) is 1.62. The van der Waals surface area contributed by atoms with Crippen LogP contribution in [0.5, 0.6) is 0 Å². The summed E-state index contributed by atoms with van der Waals surface area (Å²) in [5.74, 6) is 0.708. The number of aryl methyl sites for hydroxylation is 2. The Hall–Kier alpha value is -1.44. The Balaban J connectivity index is 1.62. The minimum atomic E-state index is -0.494. The number of amides is 1. The van der Waals surface area contributed by atoms with Crippen molar-refractivity contribution >= 4 is 5.91 Å². The summed E-state index contributed by atoms with van der Waals surface area (Å²) in [6.07, 6.45) is -0.212. The van der Waals surface area contributed by atoms with Gasteiger partial charge in [0.25, 0.3) is 0 Å². The first kappa shape index (κ1) is 15.5. The van der Waals surface area contributed by atoms with E-state index < -0.39 is 6.10 Å². The number of ether oxygens (including phenoxy) is 1. The van der Waals surface area contributed by atoms with Gasteiger partial charge in [-0.15, -0.1) is 0 Å². The Morgan fingerprint density at radius 2 is 2.05 bits per heavy atom. The van der Waals surface area contributed by atoms with Gasteiger partial charge in [-0.3, -0.25) is 9.69 Å². The third-order valence-electron chi connectivity index (χ3n) is 4.64. The normalized spacial score (nSPS) is 26.6. The van der Waals surface area contributed by atoms with Gasteiger partial charge in [-0.2, -0.15) is 0 Å². The molecule has 0 spiro atoms. The van der Waals surface area contributed by atoms with Gasteiger partial charge in [0.05, 0.1) is 37.5 Å². The van der Waals surface area contributed by atoms with Crippen molar-refractivity contribution in [2.24, 2.45) is 0 Å². The van der Waals surface area contributed by atoms with Crippen molar-refractivity contribution in [2.75, 3.05) is 39.4 Å². The van der Waals surface area contributed by atoms with E-state index in [2.05, 4.69) is 10.1 Å². The number of rotatable bonds is 3. The highest BCUT2D eigenvalue weighted by molar-refractivity contribution is 5.79. The summed E-state index contributed by atoms with van der Waals surface area (Å²) in [7, 11) is 0. The maximum absolute atomic E-state index is 12.5. The van der Waals surface area contributed by atoms with Crippen molar-refractivity contribution in [1.82, 2.24) is 15.0 Å². The van der Waals surface area contributed by atoms with E-state index in [1.54, 1.807) is 4.90 Å². The maximum atomic E-state index is 12.5. The maximum Gasteiger partial charge on any atom is 0.227 e. The number of aliphatic hydroxyl groups excluding tert-OH is 1. The molecule has 3 rings (SSSR count). The second-order valence-corrected chi connectivity index (χ2v) is 6.06. The molecule has 2 saturated heterocycles. The molecular weight excluding hydrogens is 286 g/mol. The highest BCUT2D eigenvalue weighted by atomic mass is 16.5. The van der Waals surface area contributed by atoms with Crippen LogP contribution in [0, 0.1) is 13.8 Å². The van der Waals surface area contributed by atoms with Gasteiger partial charge in [-0.05, 0) is 13.8 Å². The fourth-order valence-corrected chi connectivity index (χ4v) is 3.26. The minimum absolute atomic E-state index is 0.0116. The molecule has 0 unspecified atom stereocenters. The van der Waals surface area contributed by atoms with Crippen molar-refractivity contribution < 1.29 is 19.2 Å². The van der Waals surface area contributed by atoms with E-state index in [9.17, 15) is 9.90 Å². The first-order chi connectivity index (χ1) is 10.6. The predicted molar refractivity (Wildman–Crippen MR) is 78.4 cm³/mol. The summed E-state index contributed by atoms with van der Waals surface area (Å²) in [4.78, 5) is 16.5. The van der Waals surface area contributed by atoms with E-state index in [1.165, 1.54) is 0 Å². The summed E-state index contributed by atoms with van der Waals surface area (Å²) < 4.78 is 10.4. The average Bonchev–Trinajstić information content (AvgIpc) is 3.05. The molecule has 1 aromatic rings. The molecule has 1 aromatic heterocycles. The minimum Gasteiger partial charge on any atom is -0.390 e. The SMILES string of the molecule is Cc1noc(C)c1CC(=O)N1C[C@@H](O)[C@H](N2CCOCC2)C1. The van der Waals surface area contributed by atoms with Crippen molar-refractivity contribution in [1.29, 1.82) is 0 Å². The number of aliphatic hydroxyl groups is 1. The zero-order valence-electron chi connectivity index (χ0n) is 13.1. The van der Waals surface area contributed by atoms with Gasteiger partial charge in [-0.25, -0.2) is 0 Å². The Morgan fingerprint density at radius 3 is 2.68 bits per heavy atom. The molecule has 2 aliphatic heterocycles. The number of aromatic nitrogens is 1. The highest BCUT2D eigenvalue weighted by Crippen LogP contribution is 2.20. The van der Waals surface area contributed by atoms with Crippen LogP contribution in [0.15, 0.2) is 4.52 Å². The van der Waals surface area contributed by atoms with Gasteiger partial charge < -0.3 is 19.3 Å². The quantitative estimate of drug-likeness (QED) is 0.828. The number of morpholine rings is 1. The Kier molecular flexibility index (Phi) is 4.46. The third kappa shape index (κ3) is 3.02. The van der Waals surface area contributed by atoms with Gasteiger partial charge in [-0.1, -0.05) is 5.16 Å². The molecule has 0 bridgehead atoms. The number of β-amino-alcohol motifs (C(OH)–C–C–N with tert-alkyl or cyclic N) is 1. The van der Waals surface area contributed by atoms with Crippen LogP contribution in [-0.4, -0.2) is 77.5 Å². The highest BCUT2D eigenvalue weighted by Gasteiger charge is 2.38. The zero-order chi connectivity index (χ0) is 15.7. The molecule has 122 valence electrons. The lowest BCUT2D eigenvalue weighted by atomic mass is 10.1. The summed E-state index contributed by atoms with van der Waals surface area (Å²) in [6, 6.07) is 0.0116. The number of likely N-dealkylation sites (tertiary alicyclic amines) is 1. The average molecular weight is 309 g/mol. The topological polar surface area (TPSA) is 79.0 Å². The molecule has 0 saturated carbocycles. The molecule has 1 N–H and O–H groups in total. The third-order valence-corrected chi connectivity index (χ3v) is 4.64. The molecule has 0 radical (unpaired) electrons. The predicted octanol–water partition coefficient (Wildman–Crippen LogP) is -0.262. The smallest absolute Gasteiger partial charge is 0.227 e. The molecule has 2 fully saturated rings. The largest absolute Gasteiger partial charge is 0.390 e. The number of hydrogen-bond acceptors (Lipinski definition) is 6. The molecule has 3 heterocycles. The molecule has 2 aliphatic rings. The van der Waals surface area contributed by atoms with E-state index in [-0.39, 0.29) is 18.4 Å². The zero-order valence-corrected chi connectivity index (χ0v) is 13.1. The van der Waals surface area contributed by atoms with E-state index in [0.29, 0.717) is 32.1 Å². The molecule has 0 aromatic carbocycles.